The lowest BCUT2D eigenvalue weighted by Gasteiger charge is -2.18. The summed E-state index contributed by atoms with van der Waals surface area (Å²) < 4.78 is 10.8. The van der Waals surface area contributed by atoms with Crippen molar-refractivity contribution >= 4 is 52.3 Å². The van der Waals surface area contributed by atoms with Gasteiger partial charge in [-0.1, -0.05) is 23.2 Å². The predicted molar refractivity (Wildman–Crippen MR) is 125 cm³/mol. The molecule has 0 aromatic heterocycles. The number of nitrogens with zero attached hydrogens (tertiary/aromatic N) is 1. The Morgan fingerprint density at radius 1 is 1.15 bits per heavy atom. The number of methoxy groups -OCH3 is 1. The second-order valence-electron chi connectivity index (χ2n) is 7.50. The van der Waals surface area contributed by atoms with E-state index in [0.29, 0.717) is 28.6 Å². The monoisotopic (exact) mass is 489 g/mol. The van der Waals surface area contributed by atoms with Crippen molar-refractivity contribution in [3.05, 3.63) is 63.8 Å². The second kappa shape index (κ2) is 9.82. The molecule has 0 saturated carbocycles. The van der Waals surface area contributed by atoms with E-state index in [1.807, 2.05) is 0 Å². The summed E-state index contributed by atoms with van der Waals surface area (Å²) >= 11 is 12.2. The summed E-state index contributed by atoms with van der Waals surface area (Å²) in [5, 5.41) is 5.79. The smallest absolute Gasteiger partial charge is 0.283 e. The molecule has 2 heterocycles. The standard InChI is InChI=1S/C23H21Cl2N3O5/c1-32-18-9-6-14(24)11-17(18)28-22(30)19(25)20(23(28)31)27-15-7-4-13(5-8-15)21(29)26-12-16-3-2-10-33-16/h4-9,11,16,27H,2-3,10,12H2,1H3,(H,26,29). The number of ether oxygens (including phenoxy) is 2. The molecule has 33 heavy (non-hydrogen) atoms. The third-order valence-corrected chi connectivity index (χ3v) is 5.93. The van der Waals surface area contributed by atoms with Crippen LogP contribution >= 0.6 is 23.2 Å². The van der Waals surface area contributed by atoms with Crippen LogP contribution in [0.4, 0.5) is 11.4 Å². The average Bonchev–Trinajstić information content (AvgIpc) is 3.41. The number of nitrogens with one attached hydrogen (secondary N) is 2. The highest BCUT2D eigenvalue weighted by atomic mass is 35.5. The molecule has 3 amide bonds. The molecule has 0 spiro atoms. The number of carbonyl (C=O) groups excluding carboxylic acids is 3. The highest BCUT2D eigenvalue weighted by Gasteiger charge is 2.40. The molecule has 1 atom stereocenters. The van der Waals surface area contributed by atoms with E-state index in [1.54, 1.807) is 36.4 Å². The summed E-state index contributed by atoms with van der Waals surface area (Å²) in [6.07, 6.45) is 1.99. The molecule has 2 N–H and O–H groups in total. The maximum atomic E-state index is 13.0. The van der Waals surface area contributed by atoms with Gasteiger partial charge >= 0.3 is 0 Å². The van der Waals surface area contributed by atoms with E-state index < -0.39 is 11.8 Å². The van der Waals surface area contributed by atoms with E-state index in [-0.39, 0.29) is 28.4 Å². The van der Waals surface area contributed by atoms with Crippen LogP contribution < -0.4 is 20.3 Å². The lowest BCUT2D eigenvalue weighted by atomic mass is 10.1. The topological polar surface area (TPSA) is 97.0 Å². The number of benzene rings is 2. The van der Waals surface area contributed by atoms with Crippen molar-refractivity contribution in [2.75, 3.05) is 30.5 Å². The molecule has 2 aliphatic heterocycles. The number of hydrogen-bond acceptors (Lipinski definition) is 6. The molecule has 172 valence electrons. The van der Waals surface area contributed by atoms with E-state index in [2.05, 4.69) is 10.6 Å². The first-order valence-electron chi connectivity index (χ1n) is 10.3. The van der Waals surface area contributed by atoms with Gasteiger partial charge in [0.25, 0.3) is 17.7 Å². The number of imide groups is 1. The molecule has 0 aliphatic carbocycles. The zero-order chi connectivity index (χ0) is 23.5. The number of anilines is 2. The minimum Gasteiger partial charge on any atom is -0.495 e. The Labute approximate surface area is 200 Å². The Hall–Kier alpha value is -3.07. The molecule has 0 radical (unpaired) electrons. The summed E-state index contributed by atoms with van der Waals surface area (Å²) in [6.45, 7) is 1.18. The predicted octanol–water partition coefficient (Wildman–Crippen LogP) is 3.69. The van der Waals surface area contributed by atoms with E-state index in [0.717, 1.165) is 24.3 Å². The minimum atomic E-state index is -0.699. The van der Waals surface area contributed by atoms with Crippen LogP contribution in [0, 0.1) is 0 Å². The maximum Gasteiger partial charge on any atom is 0.283 e. The largest absolute Gasteiger partial charge is 0.495 e. The van der Waals surface area contributed by atoms with Crippen molar-refractivity contribution in [1.29, 1.82) is 0 Å². The van der Waals surface area contributed by atoms with Gasteiger partial charge in [0.15, 0.2) is 0 Å². The van der Waals surface area contributed by atoms with Crippen LogP contribution in [0.3, 0.4) is 0 Å². The molecule has 0 bridgehead atoms. The van der Waals surface area contributed by atoms with Crippen molar-refractivity contribution in [1.82, 2.24) is 5.32 Å². The normalized spacial score (nSPS) is 18.2. The summed E-state index contributed by atoms with van der Waals surface area (Å²) in [4.78, 5) is 39.0. The quantitative estimate of drug-likeness (QED) is 0.575. The van der Waals surface area contributed by atoms with Gasteiger partial charge in [0.1, 0.15) is 16.5 Å². The Morgan fingerprint density at radius 3 is 2.58 bits per heavy atom. The maximum absolute atomic E-state index is 13.0. The van der Waals surface area contributed by atoms with E-state index in [4.69, 9.17) is 32.7 Å². The first kappa shape index (κ1) is 23.1. The molecule has 1 unspecified atom stereocenters. The van der Waals surface area contributed by atoms with Crippen LogP contribution in [0.1, 0.15) is 23.2 Å². The van der Waals surface area contributed by atoms with Gasteiger partial charge in [-0.3, -0.25) is 14.4 Å². The molecule has 8 nitrogen and oxygen atoms in total. The van der Waals surface area contributed by atoms with Crippen molar-refractivity contribution in [3.63, 3.8) is 0 Å². The molecule has 1 saturated heterocycles. The third-order valence-electron chi connectivity index (χ3n) is 5.34. The molecule has 2 aliphatic rings. The zero-order valence-electron chi connectivity index (χ0n) is 17.7. The fraction of sp³-hybridized carbons (Fsp3) is 0.261. The molecule has 10 heteroatoms. The number of hydrogen-bond donors (Lipinski definition) is 2. The van der Waals surface area contributed by atoms with Crippen molar-refractivity contribution < 1.29 is 23.9 Å². The Bertz CT molecular complexity index is 1130. The van der Waals surface area contributed by atoms with Crippen LogP contribution in [-0.4, -0.2) is 44.1 Å². The van der Waals surface area contributed by atoms with Crippen LogP contribution in [0.25, 0.3) is 0 Å². The number of carbonyl (C=O) groups is 3. The first-order chi connectivity index (χ1) is 15.9. The summed E-state index contributed by atoms with van der Waals surface area (Å²) in [7, 11) is 1.42. The van der Waals surface area contributed by atoms with E-state index in [9.17, 15) is 14.4 Å². The average molecular weight is 490 g/mol. The summed E-state index contributed by atoms with van der Waals surface area (Å²) in [6, 6.07) is 11.1. The Balaban J connectivity index is 1.46. The minimum absolute atomic E-state index is 0.0518. The molecule has 4 rings (SSSR count). The molecular weight excluding hydrogens is 469 g/mol. The fourth-order valence-corrected chi connectivity index (χ4v) is 4.01. The van der Waals surface area contributed by atoms with Crippen molar-refractivity contribution in [2.45, 2.75) is 18.9 Å². The number of rotatable bonds is 7. The van der Waals surface area contributed by atoms with Gasteiger partial charge in [0.05, 0.1) is 18.9 Å². The van der Waals surface area contributed by atoms with Crippen molar-refractivity contribution in [2.24, 2.45) is 0 Å². The summed E-state index contributed by atoms with van der Waals surface area (Å²) in [5.41, 5.74) is 1.05. The van der Waals surface area contributed by atoms with Crippen molar-refractivity contribution in [3.8, 4) is 5.75 Å². The lowest BCUT2D eigenvalue weighted by Crippen LogP contribution is -2.32. The van der Waals surface area contributed by atoms with Gasteiger partial charge in [0, 0.05) is 29.4 Å². The second-order valence-corrected chi connectivity index (χ2v) is 8.31. The van der Waals surface area contributed by atoms with Gasteiger partial charge in [-0.25, -0.2) is 4.90 Å². The first-order valence-corrected chi connectivity index (χ1v) is 11.0. The highest BCUT2D eigenvalue weighted by Crippen LogP contribution is 2.37. The fourth-order valence-electron chi connectivity index (χ4n) is 3.63. The van der Waals surface area contributed by atoms with Gasteiger partial charge in [0.2, 0.25) is 0 Å². The third kappa shape index (κ3) is 4.83. The Morgan fingerprint density at radius 2 is 1.91 bits per heavy atom. The van der Waals surface area contributed by atoms with Gasteiger partial charge < -0.3 is 20.1 Å². The van der Waals surface area contributed by atoms with Crippen LogP contribution in [0.5, 0.6) is 5.75 Å². The number of amides is 3. The van der Waals surface area contributed by atoms with Gasteiger partial charge in [-0.15, -0.1) is 0 Å². The molecule has 2 aromatic rings. The molecule has 1 fully saturated rings. The van der Waals surface area contributed by atoms with Crippen LogP contribution in [0.15, 0.2) is 53.2 Å². The van der Waals surface area contributed by atoms with Crippen LogP contribution in [-0.2, 0) is 14.3 Å². The molecular formula is C23H21Cl2N3O5. The highest BCUT2D eigenvalue weighted by molar-refractivity contribution is 6.53. The lowest BCUT2D eigenvalue weighted by molar-refractivity contribution is -0.120. The number of halogens is 2. The zero-order valence-corrected chi connectivity index (χ0v) is 19.2. The van der Waals surface area contributed by atoms with Gasteiger partial charge in [-0.05, 0) is 55.3 Å². The van der Waals surface area contributed by atoms with Crippen LogP contribution in [0.2, 0.25) is 5.02 Å². The SMILES string of the molecule is COc1ccc(Cl)cc1N1C(=O)C(Cl)=C(Nc2ccc(C(=O)NCC3CCCO3)cc2)C1=O. The van der Waals surface area contributed by atoms with Gasteiger partial charge in [-0.2, -0.15) is 0 Å². The summed E-state index contributed by atoms with van der Waals surface area (Å²) in [5.74, 6) is -1.27. The molecule has 2 aromatic carbocycles. The Kier molecular flexibility index (Phi) is 6.88. The van der Waals surface area contributed by atoms with E-state index >= 15 is 0 Å². The van der Waals surface area contributed by atoms with E-state index in [1.165, 1.54) is 13.2 Å².